The number of piperidine rings is 1. The fourth-order valence-corrected chi connectivity index (χ4v) is 3.47. The number of carbonyl (C=O) groups is 2. The van der Waals surface area contributed by atoms with Crippen molar-refractivity contribution in [3.63, 3.8) is 0 Å². The number of hydrogen-bond donors (Lipinski definition) is 1. The van der Waals surface area contributed by atoms with E-state index in [0.29, 0.717) is 23.6 Å². The highest BCUT2D eigenvalue weighted by Crippen LogP contribution is 2.23. The molecule has 1 saturated heterocycles. The number of anilines is 2. The van der Waals surface area contributed by atoms with Gasteiger partial charge in [-0.3, -0.25) is 9.59 Å². The minimum atomic E-state index is -0.155. The van der Waals surface area contributed by atoms with Crippen molar-refractivity contribution >= 4 is 23.2 Å². The molecule has 1 aliphatic rings. The third-order valence-corrected chi connectivity index (χ3v) is 5.03. The molecule has 29 heavy (non-hydrogen) atoms. The van der Waals surface area contributed by atoms with E-state index in [0.717, 1.165) is 25.2 Å². The van der Waals surface area contributed by atoms with Crippen LogP contribution in [0, 0.1) is 5.92 Å². The molecule has 1 atom stereocenters. The average Bonchev–Trinajstić information content (AvgIpc) is 3.29. The molecule has 1 unspecified atom stereocenters. The van der Waals surface area contributed by atoms with Crippen LogP contribution >= 0.6 is 0 Å². The van der Waals surface area contributed by atoms with Crippen molar-refractivity contribution in [3.05, 3.63) is 60.4 Å². The Bertz CT molecular complexity index is 1000. The highest BCUT2D eigenvalue weighted by atomic mass is 16.2. The van der Waals surface area contributed by atoms with Gasteiger partial charge in [0.1, 0.15) is 0 Å². The standard InChI is InChI=1S/C21H22N6O2/c1-15(28)16-5-2-7-18(13-16)23-21(29)17-6-3-11-26(14-17)19-8-9-20(25-24-19)27-12-4-10-22-27/h2,4-5,7-10,12-13,17H,3,6,11,14H2,1H3,(H,23,29). The fraction of sp³-hybridized carbons (Fsp3) is 0.286. The lowest BCUT2D eigenvalue weighted by Crippen LogP contribution is -2.41. The Balaban J connectivity index is 1.42. The smallest absolute Gasteiger partial charge is 0.229 e. The van der Waals surface area contributed by atoms with Crippen LogP contribution in [0.5, 0.6) is 0 Å². The lowest BCUT2D eigenvalue weighted by Gasteiger charge is -2.32. The van der Waals surface area contributed by atoms with E-state index in [2.05, 4.69) is 25.5 Å². The van der Waals surface area contributed by atoms with Crippen molar-refractivity contribution in [3.8, 4) is 5.82 Å². The summed E-state index contributed by atoms with van der Waals surface area (Å²) in [6.07, 6.45) is 5.21. The van der Waals surface area contributed by atoms with Crippen molar-refractivity contribution in [2.24, 2.45) is 5.92 Å². The lowest BCUT2D eigenvalue weighted by atomic mass is 9.97. The number of amides is 1. The van der Waals surface area contributed by atoms with Crippen LogP contribution in [0.15, 0.2) is 54.9 Å². The highest BCUT2D eigenvalue weighted by Gasteiger charge is 2.27. The quantitative estimate of drug-likeness (QED) is 0.674. The van der Waals surface area contributed by atoms with Gasteiger partial charge >= 0.3 is 0 Å². The van der Waals surface area contributed by atoms with Crippen molar-refractivity contribution in [2.45, 2.75) is 19.8 Å². The molecule has 8 heteroatoms. The molecular formula is C21H22N6O2. The van der Waals surface area contributed by atoms with Gasteiger partial charge in [0, 0.05) is 36.7 Å². The first-order valence-electron chi connectivity index (χ1n) is 9.61. The minimum absolute atomic E-state index is 0.0259. The summed E-state index contributed by atoms with van der Waals surface area (Å²) in [6, 6.07) is 12.6. The SMILES string of the molecule is CC(=O)c1cccc(NC(=O)C2CCCN(c3ccc(-n4cccn4)nn3)C2)c1. The van der Waals surface area contributed by atoms with E-state index < -0.39 is 0 Å². The maximum Gasteiger partial charge on any atom is 0.229 e. The summed E-state index contributed by atoms with van der Waals surface area (Å²) in [4.78, 5) is 26.4. The Morgan fingerprint density at radius 3 is 2.66 bits per heavy atom. The number of carbonyl (C=O) groups excluding carboxylic acids is 2. The van der Waals surface area contributed by atoms with E-state index in [1.165, 1.54) is 6.92 Å². The Morgan fingerprint density at radius 1 is 1.10 bits per heavy atom. The van der Waals surface area contributed by atoms with Gasteiger partial charge in [0.05, 0.1) is 5.92 Å². The molecule has 3 aromatic rings. The largest absolute Gasteiger partial charge is 0.354 e. The summed E-state index contributed by atoms with van der Waals surface area (Å²) in [5, 5.41) is 15.6. The van der Waals surface area contributed by atoms with Crippen LogP contribution in [0.4, 0.5) is 11.5 Å². The summed E-state index contributed by atoms with van der Waals surface area (Å²) in [5.74, 6) is 1.17. The molecular weight excluding hydrogens is 368 g/mol. The van der Waals surface area contributed by atoms with E-state index in [1.807, 2.05) is 24.4 Å². The van der Waals surface area contributed by atoms with Crippen LogP contribution in [-0.2, 0) is 4.79 Å². The summed E-state index contributed by atoms with van der Waals surface area (Å²) >= 11 is 0. The Morgan fingerprint density at radius 2 is 1.93 bits per heavy atom. The Hall–Kier alpha value is -3.55. The molecule has 0 aliphatic carbocycles. The van der Waals surface area contributed by atoms with Gasteiger partial charge in [-0.1, -0.05) is 12.1 Å². The molecule has 8 nitrogen and oxygen atoms in total. The second kappa shape index (κ2) is 8.22. The number of hydrogen-bond acceptors (Lipinski definition) is 6. The van der Waals surface area contributed by atoms with Gasteiger partial charge in [0.25, 0.3) is 0 Å². The van der Waals surface area contributed by atoms with Crippen LogP contribution in [0.3, 0.4) is 0 Å². The fourth-order valence-electron chi connectivity index (χ4n) is 3.47. The molecule has 1 N–H and O–H groups in total. The summed E-state index contributed by atoms with van der Waals surface area (Å²) in [6.45, 7) is 2.92. The predicted octanol–water partition coefficient (Wildman–Crippen LogP) is 2.72. The first-order chi connectivity index (χ1) is 14.1. The molecule has 0 radical (unpaired) electrons. The van der Waals surface area contributed by atoms with Crippen molar-refractivity contribution in [1.29, 1.82) is 0 Å². The number of Topliss-reactive ketones (excluding diaryl/α,β-unsaturated/α-hetero) is 1. The number of ketones is 1. The second-order valence-electron chi connectivity index (χ2n) is 7.11. The zero-order valence-electron chi connectivity index (χ0n) is 16.2. The highest BCUT2D eigenvalue weighted by molar-refractivity contribution is 5.97. The number of nitrogens with zero attached hydrogens (tertiary/aromatic N) is 5. The molecule has 3 heterocycles. The predicted molar refractivity (Wildman–Crippen MR) is 109 cm³/mol. The van der Waals surface area contributed by atoms with E-state index in [-0.39, 0.29) is 17.6 Å². The first kappa shape index (κ1) is 18.8. The zero-order valence-corrected chi connectivity index (χ0v) is 16.2. The van der Waals surface area contributed by atoms with E-state index in [9.17, 15) is 9.59 Å². The summed E-state index contributed by atoms with van der Waals surface area (Å²) in [5.41, 5.74) is 1.23. The van der Waals surface area contributed by atoms with Crippen LogP contribution in [0.1, 0.15) is 30.1 Å². The second-order valence-corrected chi connectivity index (χ2v) is 7.11. The van der Waals surface area contributed by atoms with Crippen LogP contribution in [0.2, 0.25) is 0 Å². The molecule has 4 rings (SSSR count). The molecule has 148 valence electrons. The third-order valence-electron chi connectivity index (χ3n) is 5.03. The van der Waals surface area contributed by atoms with Gasteiger partial charge in [-0.2, -0.15) is 5.10 Å². The van der Waals surface area contributed by atoms with Gasteiger partial charge in [0.2, 0.25) is 5.91 Å². The van der Waals surface area contributed by atoms with Crippen molar-refractivity contribution < 1.29 is 9.59 Å². The van der Waals surface area contributed by atoms with Crippen molar-refractivity contribution in [1.82, 2.24) is 20.0 Å². The van der Waals surface area contributed by atoms with E-state index >= 15 is 0 Å². The zero-order chi connectivity index (χ0) is 20.2. The molecule has 1 fully saturated rings. The van der Waals surface area contributed by atoms with Crippen molar-refractivity contribution in [2.75, 3.05) is 23.3 Å². The average molecular weight is 390 g/mol. The molecule has 0 spiro atoms. The van der Waals surface area contributed by atoms with Crippen LogP contribution in [0.25, 0.3) is 5.82 Å². The lowest BCUT2D eigenvalue weighted by molar-refractivity contribution is -0.120. The molecule has 0 saturated carbocycles. The minimum Gasteiger partial charge on any atom is -0.354 e. The van der Waals surface area contributed by atoms with Gasteiger partial charge in [-0.15, -0.1) is 10.2 Å². The number of rotatable bonds is 5. The molecule has 1 aromatic carbocycles. The first-order valence-corrected chi connectivity index (χ1v) is 9.61. The number of nitrogens with one attached hydrogen (secondary N) is 1. The molecule has 1 amide bonds. The van der Waals surface area contributed by atoms with Gasteiger partial charge in [-0.25, -0.2) is 4.68 Å². The van der Waals surface area contributed by atoms with Gasteiger partial charge in [0.15, 0.2) is 17.4 Å². The Labute approximate surface area is 168 Å². The molecule has 0 bridgehead atoms. The Kier molecular flexibility index (Phi) is 5.33. The molecule has 1 aliphatic heterocycles. The van der Waals surface area contributed by atoms with E-state index in [1.54, 1.807) is 35.1 Å². The monoisotopic (exact) mass is 390 g/mol. The summed E-state index contributed by atoms with van der Waals surface area (Å²) < 4.78 is 1.65. The van der Waals surface area contributed by atoms with Crippen LogP contribution < -0.4 is 10.2 Å². The van der Waals surface area contributed by atoms with Crippen LogP contribution in [-0.4, -0.2) is 44.8 Å². The maximum absolute atomic E-state index is 12.8. The van der Waals surface area contributed by atoms with Gasteiger partial charge in [-0.05, 0) is 50.1 Å². The number of benzene rings is 1. The third kappa shape index (κ3) is 4.31. The van der Waals surface area contributed by atoms with Gasteiger partial charge < -0.3 is 10.2 Å². The topological polar surface area (TPSA) is 93.0 Å². The maximum atomic E-state index is 12.8. The summed E-state index contributed by atoms with van der Waals surface area (Å²) in [7, 11) is 0. The normalized spacial score (nSPS) is 16.4. The number of aromatic nitrogens is 4. The van der Waals surface area contributed by atoms with E-state index in [4.69, 9.17) is 0 Å². The molecule has 2 aromatic heterocycles.